The molecule has 1 aliphatic rings. The lowest BCUT2D eigenvalue weighted by Gasteiger charge is -2.16. The van der Waals surface area contributed by atoms with Crippen molar-refractivity contribution in [2.24, 2.45) is 15.8 Å². The number of hydrogen-bond donors (Lipinski definition) is 3. The lowest BCUT2D eigenvalue weighted by atomic mass is 9.98. The van der Waals surface area contributed by atoms with Crippen LogP contribution in [0.15, 0.2) is 46.5 Å². The SMILES string of the molecule is NC1=N[C@@H](c2c(O)ccc3ccccc23)C=NN1. The molecule has 0 saturated heterocycles. The maximum absolute atomic E-state index is 10.1. The molecule has 0 unspecified atom stereocenters. The Morgan fingerprint density at radius 1 is 1.17 bits per heavy atom. The molecule has 1 atom stereocenters. The summed E-state index contributed by atoms with van der Waals surface area (Å²) in [6.07, 6.45) is 1.62. The number of nitrogens with one attached hydrogen (secondary N) is 1. The van der Waals surface area contributed by atoms with Gasteiger partial charge < -0.3 is 10.8 Å². The van der Waals surface area contributed by atoms with Gasteiger partial charge in [0.25, 0.3) is 0 Å². The zero-order valence-electron chi connectivity index (χ0n) is 9.54. The van der Waals surface area contributed by atoms with E-state index in [2.05, 4.69) is 15.5 Å². The first kappa shape index (κ1) is 10.6. The van der Waals surface area contributed by atoms with E-state index in [4.69, 9.17) is 5.73 Å². The largest absolute Gasteiger partial charge is 0.508 e. The second-order valence-corrected chi connectivity index (χ2v) is 4.07. The first-order chi connectivity index (χ1) is 8.75. The molecule has 0 aliphatic carbocycles. The Kier molecular flexibility index (Phi) is 2.37. The van der Waals surface area contributed by atoms with Gasteiger partial charge in [-0.2, -0.15) is 5.10 Å². The molecule has 0 radical (unpaired) electrons. The average molecular weight is 240 g/mol. The average Bonchev–Trinajstić information content (AvgIpc) is 2.38. The highest BCUT2D eigenvalue weighted by atomic mass is 16.3. The van der Waals surface area contributed by atoms with Gasteiger partial charge in [0, 0.05) is 5.56 Å². The van der Waals surface area contributed by atoms with E-state index >= 15 is 0 Å². The van der Waals surface area contributed by atoms with E-state index in [1.807, 2.05) is 30.3 Å². The van der Waals surface area contributed by atoms with Gasteiger partial charge >= 0.3 is 0 Å². The van der Waals surface area contributed by atoms with Crippen LogP contribution in [-0.2, 0) is 0 Å². The van der Waals surface area contributed by atoms with Gasteiger partial charge in [-0.3, -0.25) is 0 Å². The molecule has 4 N–H and O–H groups in total. The minimum Gasteiger partial charge on any atom is -0.508 e. The molecule has 1 heterocycles. The maximum Gasteiger partial charge on any atom is 0.210 e. The second kappa shape index (κ2) is 4.03. The summed E-state index contributed by atoms with van der Waals surface area (Å²) in [5.41, 5.74) is 8.89. The van der Waals surface area contributed by atoms with E-state index in [0.29, 0.717) is 0 Å². The quantitative estimate of drug-likeness (QED) is 0.706. The predicted molar refractivity (Wildman–Crippen MR) is 71.6 cm³/mol. The van der Waals surface area contributed by atoms with E-state index in [-0.39, 0.29) is 17.8 Å². The number of hydrogen-bond acceptors (Lipinski definition) is 5. The Hall–Kier alpha value is -2.56. The van der Waals surface area contributed by atoms with Gasteiger partial charge in [-0.1, -0.05) is 30.3 Å². The molecule has 1 aliphatic heterocycles. The summed E-state index contributed by atoms with van der Waals surface area (Å²) in [6, 6.07) is 11.0. The molecular formula is C13H12N4O. The Bertz CT molecular complexity index is 663. The molecule has 0 bridgehead atoms. The fourth-order valence-electron chi connectivity index (χ4n) is 2.12. The fraction of sp³-hybridized carbons (Fsp3) is 0.0769. The number of fused-ring (bicyclic) bond motifs is 1. The van der Waals surface area contributed by atoms with Crippen molar-refractivity contribution in [3.63, 3.8) is 0 Å². The first-order valence-electron chi connectivity index (χ1n) is 5.59. The van der Waals surface area contributed by atoms with Gasteiger partial charge in [0.05, 0.1) is 6.21 Å². The van der Waals surface area contributed by atoms with Gasteiger partial charge in [0.1, 0.15) is 11.8 Å². The third-order valence-electron chi connectivity index (χ3n) is 2.92. The van der Waals surface area contributed by atoms with Crippen molar-refractivity contribution < 1.29 is 5.11 Å². The Morgan fingerprint density at radius 2 is 2.00 bits per heavy atom. The lowest BCUT2D eigenvalue weighted by Crippen LogP contribution is -2.31. The molecular weight excluding hydrogens is 228 g/mol. The van der Waals surface area contributed by atoms with E-state index in [0.717, 1.165) is 16.3 Å². The summed E-state index contributed by atoms with van der Waals surface area (Å²) >= 11 is 0. The number of rotatable bonds is 1. The Labute approximate surface area is 104 Å². The van der Waals surface area contributed by atoms with Crippen LogP contribution in [0.25, 0.3) is 10.8 Å². The normalized spacial score (nSPS) is 18.4. The summed E-state index contributed by atoms with van der Waals surface area (Å²) in [5.74, 6) is 0.443. The molecule has 2 aromatic carbocycles. The molecule has 0 amide bonds. The zero-order chi connectivity index (χ0) is 12.5. The van der Waals surface area contributed by atoms with Crippen molar-refractivity contribution in [2.75, 3.05) is 0 Å². The van der Waals surface area contributed by atoms with E-state index in [1.54, 1.807) is 12.3 Å². The highest BCUT2D eigenvalue weighted by Gasteiger charge is 2.18. The van der Waals surface area contributed by atoms with Crippen LogP contribution >= 0.6 is 0 Å². The maximum atomic E-state index is 10.1. The minimum atomic E-state index is -0.364. The summed E-state index contributed by atoms with van der Waals surface area (Å²) in [7, 11) is 0. The van der Waals surface area contributed by atoms with E-state index in [9.17, 15) is 5.11 Å². The van der Waals surface area contributed by atoms with E-state index in [1.165, 1.54) is 0 Å². The van der Waals surface area contributed by atoms with E-state index < -0.39 is 0 Å². The number of benzene rings is 2. The van der Waals surface area contributed by atoms with Crippen LogP contribution in [0.2, 0.25) is 0 Å². The molecule has 90 valence electrons. The third-order valence-corrected chi connectivity index (χ3v) is 2.92. The van der Waals surface area contributed by atoms with Crippen LogP contribution in [-0.4, -0.2) is 17.3 Å². The van der Waals surface area contributed by atoms with Crippen LogP contribution in [0, 0.1) is 0 Å². The van der Waals surface area contributed by atoms with Gasteiger partial charge in [0.2, 0.25) is 5.96 Å². The van der Waals surface area contributed by atoms with Crippen LogP contribution < -0.4 is 11.2 Å². The fourth-order valence-corrected chi connectivity index (χ4v) is 2.12. The summed E-state index contributed by atoms with van der Waals surface area (Å²) in [4.78, 5) is 4.24. The van der Waals surface area contributed by atoms with Crippen LogP contribution in [0.4, 0.5) is 0 Å². The summed E-state index contributed by atoms with van der Waals surface area (Å²) < 4.78 is 0. The number of nitrogens with two attached hydrogens (primary N) is 1. The highest BCUT2D eigenvalue weighted by molar-refractivity contribution is 5.93. The first-order valence-corrected chi connectivity index (χ1v) is 5.59. The second-order valence-electron chi connectivity index (χ2n) is 4.07. The Morgan fingerprint density at radius 3 is 2.83 bits per heavy atom. The molecule has 2 aromatic rings. The number of guanidine groups is 1. The number of aromatic hydroxyl groups is 1. The molecule has 3 rings (SSSR count). The number of aliphatic imine (C=N–C) groups is 1. The van der Waals surface area contributed by atoms with Crippen molar-refractivity contribution >= 4 is 22.9 Å². The van der Waals surface area contributed by atoms with Crippen molar-refractivity contribution in [1.29, 1.82) is 0 Å². The summed E-state index contributed by atoms with van der Waals surface area (Å²) in [6.45, 7) is 0. The topological polar surface area (TPSA) is 83.0 Å². The van der Waals surface area contributed by atoms with Gasteiger partial charge in [0.15, 0.2) is 0 Å². The van der Waals surface area contributed by atoms with Gasteiger partial charge in [-0.15, -0.1) is 0 Å². The highest BCUT2D eigenvalue weighted by Crippen LogP contribution is 2.33. The molecule has 0 aromatic heterocycles. The van der Waals surface area contributed by atoms with Crippen LogP contribution in [0.5, 0.6) is 5.75 Å². The number of nitrogens with zero attached hydrogens (tertiary/aromatic N) is 2. The molecule has 18 heavy (non-hydrogen) atoms. The van der Waals surface area contributed by atoms with Crippen molar-refractivity contribution in [2.45, 2.75) is 6.04 Å². The third kappa shape index (κ3) is 1.66. The molecule has 5 nitrogen and oxygen atoms in total. The monoisotopic (exact) mass is 240 g/mol. The van der Waals surface area contributed by atoms with Gasteiger partial charge in [-0.25, -0.2) is 10.4 Å². The lowest BCUT2D eigenvalue weighted by molar-refractivity contribution is 0.468. The number of phenols is 1. The molecule has 0 spiro atoms. The van der Waals surface area contributed by atoms with Gasteiger partial charge in [-0.05, 0) is 16.8 Å². The Balaban J connectivity index is 2.24. The molecule has 0 fully saturated rings. The standard InChI is InChI=1S/C13H12N4O/c14-13-16-10(7-15-17-13)12-9-4-2-1-3-8(9)5-6-11(12)18/h1-7,10,18H,(H3,14,16,17)/t10-/m1/s1. The number of hydrazone groups is 1. The number of phenolic OH excluding ortho intramolecular Hbond substituents is 1. The van der Waals surface area contributed by atoms with Crippen molar-refractivity contribution in [1.82, 2.24) is 5.43 Å². The minimum absolute atomic E-state index is 0.198. The zero-order valence-corrected chi connectivity index (χ0v) is 9.54. The van der Waals surface area contributed by atoms with Crippen molar-refractivity contribution in [3.8, 4) is 5.75 Å². The van der Waals surface area contributed by atoms with Crippen molar-refractivity contribution in [3.05, 3.63) is 42.0 Å². The molecule has 0 saturated carbocycles. The summed E-state index contributed by atoms with van der Waals surface area (Å²) in [5, 5.41) is 16.0. The smallest absolute Gasteiger partial charge is 0.210 e. The van der Waals surface area contributed by atoms with Crippen LogP contribution in [0.3, 0.4) is 0 Å². The predicted octanol–water partition coefficient (Wildman–Crippen LogP) is 1.49. The molecule has 5 heteroatoms. The van der Waals surface area contributed by atoms with Crippen LogP contribution in [0.1, 0.15) is 11.6 Å².